The predicted octanol–water partition coefficient (Wildman–Crippen LogP) is 3.04. The summed E-state index contributed by atoms with van der Waals surface area (Å²) in [4.78, 5) is 12.9. The molecule has 0 aromatic rings. The number of carbonyl (C=O) groups is 1. The van der Waals surface area contributed by atoms with Crippen LogP contribution in [0, 0.1) is 5.92 Å². The number of ether oxygens (including phenoxy) is 1. The molecule has 102 valence electrons. The van der Waals surface area contributed by atoms with Crippen LogP contribution in [-0.2, 0) is 4.74 Å². The molecule has 1 rings (SSSR count). The molecule has 0 fully saturated rings. The van der Waals surface area contributed by atoms with Gasteiger partial charge in [-0.2, -0.15) is 0 Å². The smallest absolute Gasteiger partial charge is 0.417 e. The van der Waals surface area contributed by atoms with Gasteiger partial charge in [-0.1, -0.05) is 32.8 Å². The fourth-order valence-corrected chi connectivity index (χ4v) is 2.10. The second-order valence-electron chi connectivity index (χ2n) is 4.52. The first-order chi connectivity index (χ1) is 8.63. The van der Waals surface area contributed by atoms with Crippen molar-refractivity contribution in [3.63, 3.8) is 0 Å². The minimum Gasteiger partial charge on any atom is -0.452 e. The Bertz CT molecular complexity index is 336. The average molecular weight is 253 g/mol. The summed E-state index contributed by atoms with van der Waals surface area (Å²) < 4.78 is 4.68. The first-order valence-corrected chi connectivity index (χ1v) is 6.58. The van der Waals surface area contributed by atoms with E-state index in [1.807, 2.05) is 6.08 Å². The highest BCUT2D eigenvalue weighted by Gasteiger charge is 2.23. The van der Waals surface area contributed by atoms with Crippen LogP contribution in [0.3, 0.4) is 0 Å². The van der Waals surface area contributed by atoms with Gasteiger partial charge >= 0.3 is 6.09 Å². The number of hydrogen-bond donors (Lipinski definition) is 1. The minimum atomic E-state index is -0.480. The molecule has 0 aliphatic carbocycles. The van der Waals surface area contributed by atoms with E-state index in [1.165, 1.54) is 12.0 Å². The van der Waals surface area contributed by atoms with E-state index in [2.05, 4.69) is 18.6 Å². The van der Waals surface area contributed by atoms with Gasteiger partial charge < -0.3 is 9.84 Å². The summed E-state index contributed by atoms with van der Waals surface area (Å²) in [5, 5.41) is 10.2. The number of carbonyl (C=O) groups excluding carboxylic acids is 1. The summed E-state index contributed by atoms with van der Waals surface area (Å²) >= 11 is 0. The Balaban J connectivity index is 2.80. The van der Waals surface area contributed by atoms with Gasteiger partial charge in [0.2, 0.25) is 0 Å². The first kappa shape index (κ1) is 14.8. The molecule has 1 heterocycles. The van der Waals surface area contributed by atoms with E-state index in [0.29, 0.717) is 0 Å². The molecule has 0 aromatic carbocycles. The highest BCUT2D eigenvalue weighted by molar-refractivity contribution is 5.70. The fraction of sp³-hybridized carbons (Fsp3) is 0.643. The molecule has 0 spiro atoms. The fourth-order valence-electron chi connectivity index (χ4n) is 2.10. The summed E-state index contributed by atoms with van der Waals surface area (Å²) in [6.07, 6.45) is 8.14. The van der Waals surface area contributed by atoms with Crippen molar-refractivity contribution < 1.29 is 14.6 Å². The van der Waals surface area contributed by atoms with Gasteiger partial charge in [0, 0.05) is 18.3 Å². The largest absolute Gasteiger partial charge is 0.452 e. The van der Waals surface area contributed by atoms with E-state index < -0.39 is 12.2 Å². The highest BCUT2D eigenvalue weighted by atomic mass is 16.5. The molecule has 4 nitrogen and oxygen atoms in total. The molecule has 0 saturated carbocycles. The summed E-state index contributed by atoms with van der Waals surface area (Å²) in [5.74, 6) is 0.206. The molecule has 18 heavy (non-hydrogen) atoms. The molecule has 1 aliphatic heterocycles. The topological polar surface area (TPSA) is 49.8 Å². The zero-order chi connectivity index (χ0) is 13.5. The minimum absolute atomic E-state index is 0.206. The van der Waals surface area contributed by atoms with Crippen molar-refractivity contribution in [2.24, 2.45) is 5.92 Å². The zero-order valence-corrected chi connectivity index (χ0v) is 11.4. The van der Waals surface area contributed by atoms with Crippen LogP contribution in [0.5, 0.6) is 0 Å². The van der Waals surface area contributed by atoms with Gasteiger partial charge in [-0.05, 0) is 18.4 Å². The van der Waals surface area contributed by atoms with Crippen molar-refractivity contribution in [1.29, 1.82) is 0 Å². The number of rotatable bonds is 5. The lowest BCUT2D eigenvalue weighted by Gasteiger charge is -2.27. The number of unbranched alkanes of at least 4 members (excludes halogenated alkanes) is 1. The van der Waals surface area contributed by atoms with Crippen LogP contribution >= 0.6 is 0 Å². The monoisotopic (exact) mass is 253 g/mol. The van der Waals surface area contributed by atoms with Gasteiger partial charge in [-0.15, -0.1) is 0 Å². The third-order valence-corrected chi connectivity index (χ3v) is 3.24. The Hall–Kier alpha value is -1.29. The van der Waals surface area contributed by atoms with Crippen LogP contribution in [0.15, 0.2) is 24.0 Å². The first-order valence-electron chi connectivity index (χ1n) is 6.58. The van der Waals surface area contributed by atoms with Gasteiger partial charge in [0.25, 0.3) is 0 Å². The number of allylic oxidation sites excluding steroid dienone is 1. The van der Waals surface area contributed by atoms with Gasteiger partial charge in [0.05, 0.1) is 13.2 Å². The quantitative estimate of drug-likeness (QED) is 0.819. The van der Waals surface area contributed by atoms with Crippen LogP contribution < -0.4 is 0 Å². The molecular formula is C14H23NO3. The summed E-state index contributed by atoms with van der Waals surface area (Å²) in [6, 6.07) is 0. The number of aliphatic hydroxyl groups is 1. The van der Waals surface area contributed by atoms with Gasteiger partial charge in [0.1, 0.15) is 0 Å². The van der Waals surface area contributed by atoms with Crippen LogP contribution in [-0.4, -0.2) is 29.3 Å². The number of methoxy groups -OCH3 is 1. The summed E-state index contributed by atoms with van der Waals surface area (Å²) in [6.45, 7) is 4.17. The van der Waals surface area contributed by atoms with Crippen LogP contribution in [0.4, 0.5) is 4.79 Å². The van der Waals surface area contributed by atoms with Crippen molar-refractivity contribution in [3.05, 3.63) is 24.0 Å². The molecule has 4 heteroatoms. The summed E-state index contributed by atoms with van der Waals surface area (Å²) in [7, 11) is 1.35. The standard InChI is InChI=1S/C14H23NO3/c1-4-6-7-13(16)12-10-15(14(17)18-3)9-8-11(12)5-2/h8-11,13,16H,4-7H2,1-3H3/t11-,13+/m1/s1. The Morgan fingerprint density at radius 1 is 1.56 bits per heavy atom. The lowest BCUT2D eigenvalue weighted by molar-refractivity contribution is 0.147. The molecule has 0 aromatic heterocycles. The molecule has 1 N–H and O–H groups in total. The molecule has 0 bridgehead atoms. The SMILES string of the molecule is CCCC[C@H](O)C1=CN(C(=O)OC)C=C[C@H]1CC. The predicted molar refractivity (Wildman–Crippen MR) is 70.8 cm³/mol. The maximum Gasteiger partial charge on any atom is 0.417 e. The van der Waals surface area contributed by atoms with Crippen molar-refractivity contribution in [2.75, 3.05) is 7.11 Å². The second-order valence-corrected chi connectivity index (χ2v) is 4.52. The molecule has 2 atom stereocenters. The van der Waals surface area contributed by atoms with Crippen molar-refractivity contribution in [1.82, 2.24) is 4.90 Å². The van der Waals surface area contributed by atoms with E-state index in [0.717, 1.165) is 31.3 Å². The Labute approximate surface area is 109 Å². The molecule has 0 radical (unpaired) electrons. The van der Waals surface area contributed by atoms with Gasteiger partial charge in [-0.3, -0.25) is 4.90 Å². The lowest BCUT2D eigenvalue weighted by atomic mass is 9.89. The van der Waals surface area contributed by atoms with E-state index in [4.69, 9.17) is 0 Å². The Morgan fingerprint density at radius 3 is 2.83 bits per heavy atom. The molecule has 0 unspecified atom stereocenters. The molecule has 1 amide bonds. The van der Waals surface area contributed by atoms with E-state index in [-0.39, 0.29) is 5.92 Å². The van der Waals surface area contributed by atoms with Gasteiger partial charge in [0.15, 0.2) is 0 Å². The van der Waals surface area contributed by atoms with Crippen molar-refractivity contribution in [3.8, 4) is 0 Å². The van der Waals surface area contributed by atoms with Gasteiger partial charge in [-0.25, -0.2) is 4.79 Å². The van der Waals surface area contributed by atoms with E-state index in [1.54, 1.807) is 12.4 Å². The molecule has 1 aliphatic rings. The van der Waals surface area contributed by atoms with E-state index >= 15 is 0 Å². The normalized spacial score (nSPS) is 20.6. The zero-order valence-electron chi connectivity index (χ0n) is 11.4. The number of hydrogen-bond acceptors (Lipinski definition) is 3. The van der Waals surface area contributed by atoms with Crippen LogP contribution in [0.25, 0.3) is 0 Å². The maximum absolute atomic E-state index is 11.5. The average Bonchev–Trinajstić information content (AvgIpc) is 2.43. The molecule has 0 saturated heterocycles. The van der Waals surface area contributed by atoms with E-state index in [9.17, 15) is 9.90 Å². The highest BCUT2D eigenvalue weighted by Crippen LogP contribution is 2.27. The third-order valence-electron chi connectivity index (χ3n) is 3.24. The van der Waals surface area contributed by atoms with Crippen molar-refractivity contribution in [2.45, 2.75) is 45.6 Å². The number of amides is 1. The van der Waals surface area contributed by atoms with Crippen LogP contribution in [0.1, 0.15) is 39.5 Å². The second kappa shape index (κ2) is 7.21. The van der Waals surface area contributed by atoms with Crippen LogP contribution in [0.2, 0.25) is 0 Å². The Kier molecular flexibility index (Phi) is 5.92. The number of nitrogens with zero attached hydrogens (tertiary/aromatic N) is 1. The maximum atomic E-state index is 11.5. The molecular weight excluding hydrogens is 230 g/mol. The third kappa shape index (κ3) is 3.60. The Morgan fingerprint density at radius 2 is 2.28 bits per heavy atom. The number of aliphatic hydroxyl groups excluding tert-OH is 1. The van der Waals surface area contributed by atoms with Crippen molar-refractivity contribution >= 4 is 6.09 Å². The lowest BCUT2D eigenvalue weighted by Crippen LogP contribution is -2.28. The summed E-state index contributed by atoms with van der Waals surface area (Å²) in [5.41, 5.74) is 0.902.